The summed E-state index contributed by atoms with van der Waals surface area (Å²) in [5, 5.41) is 3.28. The van der Waals surface area contributed by atoms with Crippen molar-refractivity contribution < 1.29 is 13.5 Å². The summed E-state index contributed by atoms with van der Waals surface area (Å²) in [6.45, 7) is 6.73. The monoisotopic (exact) mass is 293 g/mol. The van der Waals surface area contributed by atoms with Gasteiger partial charge in [-0.2, -0.15) is 0 Å². The lowest BCUT2D eigenvalue weighted by molar-refractivity contribution is 0.418. The van der Waals surface area contributed by atoms with Crippen molar-refractivity contribution in [2.75, 3.05) is 0 Å². The fourth-order valence-electron chi connectivity index (χ4n) is 1.55. The van der Waals surface area contributed by atoms with Gasteiger partial charge < -0.3 is 10.1 Å². The van der Waals surface area contributed by atoms with Crippen LogP contribution in [0.4, 0.5) is 8.78 Å². The molecule has 0 spiro atoms. The van der Waals surface area contributed by atoms with Gasteiger partial charge in [0, 0.05) is 30.3 Å². The van der Waals surface area contributed by atoms with Crippen molar-refractivity contribution in [3.63, 3.8) is 0 Å². The molecule has 2 rings (SSSR count). The Kier molecular flexibility index (Phi) is 4.47. The number of nitrogens with one attached hydrogen (secondary N) is 1. The fourth-order valence-corrected chi connectivity index (χ4v) is 1.55. The zero-order chi connectivity index (χ0) is 15.5. The quantitative estimate of drug-likeness (QED) is 0.938. The van der Waals surface area contributed by atoms with Crippen molar-refractivity contribution in [2.24, 2.45) is 0 Å². The number of ether oxygens (including phenoxy) is 1. The highest BCUT2D eigenvalue weighted by Gasteiger charge is 2.09. The summed E-state index contributed by atoms with van der Waals surface area (Å²) in [4.78, 5) is 8.25. The van der Waals surface area contributed by atoms with Crippen LogP contribution in [0.15, 0.2) is 30.6 Å². The number of hydrogen-bond acceptors (Lipinski definition) is 4. The van der Waals surface area contributed by atoms with Gasteiger partial charge in [-0.3, -0.25) is 4.98 Å². The third-order valence-electron chi connectivity index (χ3n) is 2.54. The van der Waals surface area contributed by atoms with E-state index in [1.54, 1.807) is 6.20 Å². The van der Waals surface area contributed by atoms with E-state index in [4.69, 9.17) is 4.74 Å². The largest absolute Gasteiger partial charge is 0.437 e. The molecule has 0 atom stereocenters. The molecule has 112 valence electrons. The SMILES string of the molecule is CC(C)(C)NCc1cnc(Oc2cc(F)cc(F)c2)cn1. The molecule has 6 heteroatoms. The van der Waals surface area contributed by atoms with E-state index in [9.17, 15) is 8.78 Å². The highest BCUT2D eigenvalue weighted by atomic mass is 19.1. The Morgan fingerprint density at radius 1 is 1.05 bits per heavy atom. The van der Waals surface area contributed by atoms with E-state index < -0.39 is 11.6 Å². The summed E-state index contributed by atoms with van der Waals surface area (Å²) in [7, 11) is 0. The predicted octanol–water partition coefficient (Wildman–Crippen LogP) is 3.44. The lowest BCUT2D eigenvalue weighted by Gasteiger charge is -2.19. The van der Waals surface area contributed by atoms with E-state index in [-0.39, 0.29) is 17.2 Å². The number of benzene rings is 1. The molecule has 0 saturated heterocycles. The normalized spacial score (nSPS) is 11.5. The molecule has 2 aromatic rings. The molecule has 0 fully saturated rings. The van der Waals surface area contributed by atoms with E-state index in [1.807, 2.05) is 0 Å². The van der Waals surface area contributed by atoms with Gasteiger partial charge in [0.25, 0.3) is 0 Å². The fraction of sp³-hybridized carbons (Fsp3) is 0.333. The molecule has 0 bridgehead atoms. The Labute approximate surface area is 122 Å². The highest BCUT2D eigenvalue weighted by Crippen LogP contribution is 2.21. The molecule has 1 aromatic carbocycles. The van der Waals surface area contributed by atoms with Gasteiger partial charge in [0.1, 0.15) is 17.4 Å². The second kappa shape index (κ2) is 6.13. The predicted molar refractivity (Wildman–Crippen MR) is 75.1 cm³/mol. The molecule has 4 nitrogen and oxygen atoms in total. The van der Waals surface area contributed by atoms with Gasteiger partial charge in [0.05, 0.1) is 18.1 Å². The van der Waals surface area contributed by atoms with Crippen LogP contribution in [-0.2, 0) is 6.54 Å². The maximum Gasteiger partial charge on any atom is 0.237 e. The van der Waals surface area contributed by atoms with Crippen LogP contribution in [0.2, 0.25) is 0 Å². The second-order valence-corrected chi connectivity index (χ2v) is 5.66. The molecular formula is C15H17F2N3O. The van der Waals surface area contributed by atoms with Crippen LogP contribution in [0.3, 0.4) is 0 Å². The summed E-state index contributed by atoms with van der Waals surface area (Å²) in [5.41, 5.74) is 0.735. The second-order valence-electron chi connectivity index (χ2n) is 5.66. The Balaban J connectivity index is 2.02. The average Bonchev–Trinajstić information content (AvgIpc) is 2.36. The third kappa shape index (κ3) is 5.07. The number of halogens is 2. The van der Waals surface area contributed by atoms with E-state index in [2.05, 4.69) is 36.1 Å². The molecule has 0 saturated carbocycles. The molecule has 0 aliphatic carbocycles. The molecule has 0 unspecified atom stereocenters. The summed E-state index contributed by atoms with van der Waals surface area (Å²) in [6.07, 6.45) is 2.98. The average molecular weight is 293 g/mol. The first-order valence-corrected chi connectivity index (χ1v) is 6.52. The molecule has 0 aliphatic heterocycles. The topological polar surface area (TPSA) is 47.0 Å². The van der Waals surface area contributed by atoms with E-state index >= 15 is 0 Å². The zero-order valence-electron chi connectivity index (χ0n) is 12.2. The molecule has 0 aliphatic rings. The van der Waals surface area contributed by atoms with Gasteiger partial charge in [-0.05, 0) is 20.8 Å². The Hall–Kier alpha value is -2.08. The van der Waals surface area contributed by atoms with E-state index in [1.165, 1.54) is 6.20 Å². The van der Waals surface area contributed by atoms with Gasteiger partial charge in [-0.1, -0.05) is 0 Å². The minimum absolute atomic E-state index is 0.0179. The first-order chi connectivity index (χ1) is 9.82. The summed E-state index contributed by atoms with van der Waals surface area (Å²) in [5.74, 6) is -1.19. The maximum absolute atomic E-state index is 13.0. The third-order valence-corrected chi connectivity index (χ3v) is 2.54. The highest BCUT2D eigenvalue weighted by molar-refractivity contribution is 5.27. The molecule has 0 amide bonds. The first kappa shape index (κ1) is 15.3. The summed E-state index contributed by atoms with van der Waals surface area (Å²) in [6, 6.07) is 2.94. The van der Waals surface area contributed by atoms with Crippen molar-refractivity contribution >= 4 is 0 Å². The van der Waals surface area contributed by atoms with Crippen molar-refractivity contribution in [3.8, 4) is 11.6 Å². The van der Waals surface area contributed by atoms with Gasteiger partial charge in [0.15, 0.2) is 0 Å². The van der Waals surface area contributed by atoms with Gasteiger partial charge >= 0.3 is 0 Å². The minimum Gasteiger partial charge on any atom is -0.437 e. The Bertz CT molecular complexity index is 589. The first-order valence-electron chi connectivity index (χ1n) is 6.52. The van der Waals surface area contributed by atoms with Crippen molar-refractivity contribution in [3.05, 3.63) is 47.9 Å². The van der Waals surface area contributed by atoms with Crippen LogP contribution in [0.1, 0.15) is 26.5 Å². The Morgan fingerprint density at radius 3 is 2.24 bits per heavy atom. The van der Waals surface area contributed by atoms with Gasteiger partial charge in [-0.15, -0.1) is 0 Å². The van der Waals surface area contributed by atoms with Crippen LogP contribution in [0, 0.1) is 11.6 Å². The lowest BCUT2D eigenvalue weighted by Crippen LogP contribution is -2.35. The van der Waals surface area contributed by atoms with Crippen molar-refractivity contribution in [2.45, 2.75) is 32.9 Å². The number of nitrogens with zero attached hydrogens (tertiary/aromatic N) is 2. The van der Waals surface area contributed by atoms with E-state index in [0.29, 0.717) is 6.54 Å². The van der Waals surface area contributed by atoms with Crippen molar-refractivity contribution in [1.82, 2.24) is 15.3 Å². The molecule has 21 heavy (non-hydrogen) atoms. The summed E-state index contributed by atoms with van der Waals surface area (Å²) < 4.78 is 31.4. The van der Waals surface area contributed by atoms with Gasteiger partial charge in [0.2, 0.25) is 5.88 Å². The van der Waals surface area contributed by atoms with E-state index in [0.717, 1.165) is 23.9 Å². The van der Waals surface area contributed by atoms with Crippen LogP contribution >= 0.6 is 0 Å². The van der Waals surface area contributed by atoms with Crippen molar-refractivity contribution in [1.29, 1.82) is 0 Å². The van der Waals surface area contributed by atoms with Crippen LogP contribution in [-0.4, -0.2) is 15.5 Å². The molecular weight excluding hydrogens is 276 g/mol. The zero-order valence-corrected chi connectivity index (χ0v) is 12.2. The molecule has 1 aromatic heterocycles. The van der Waals surface area contributed by atoms with Crippen LogP contribution in [0.25, 0.3) is 0 Å². The lowest BCUT2D eigenvalue weighted by atomic mass is 10.1. The minimum atomic E-state index is -0.705. The number of hydrogen-bond donors (Lipinski definition) is 1. The van der Waals surface area contributed by atoms with Crippen LogP contribution < -0.4 is 10.1 Å². The van der Waals surface area contributed by atoms with Crippen LogP contribution in [0.5, 0.6) is 11.6 Å². The number of aromatic nitrogens is 2. The Morgan fingerprint density at radius 2 is 1.71 bits per heavy atom. The molecule has 1 N–H and O–H groups in total. The maximum atomic E-state index is 13.0. The van der Waals surface area contributed by atoms with Gasteiger partial charge in [-0.25, -0.2) is 13.8 Å². The standard InChI is InChI=1S/C15H17F2N3O/c1-15(2,3)20-8-12-7-19-14(9-18-12)21-13-5-10(16)4-11(17)6-13/h4-7,9,20H,8H2,1-3H3. The summed E-state index contributed by atoms with van der Waals surface area (Å²) >= 11 is 0. The smallest absolute Gasteiger partial charge is 0.237 e. The number of rotatable bonds is 4. The molecule has 0 radical (unpaired) electrons. The molecule has 1 heterocycles.